The van der Waals surface area contributed by atoms with Gasteiger partial charge in [0.1, 0.15) is 6.04 Å². The summed E-state index contributed by atoms with van der Waals surface area (Å²) in [5.41, 5.74) is 0. The van der Waals surface area contributed by atoms with Crippen molar-refractivity contribution in [1.82, 2.24) is 15.1 Å². The van der Waals surface area contributed by atoms with Gasteiger partial charge in [-0.2, -0.15) is 0 Å². The number of likely N-dealkylation sites (tertiary alicyclic amines) is 2. The number of amides is 2. The molecule has 0 saturated carbocycles. The summed E-state index contributed by atoms with van der Waals surface area (Å²) in [6.45, 7) is 2.23. The topological polar surface area (TPSA) is 72.9 Å². The van der Waals surface area contributed by atoms with Crippen LogP contribution in [0.4, 0.5) is 4.79 Å². The third-order valence-electron chi connectivity index (χ3n) is 4.21. The van der Waals surface area contributed by atoms with Crippen molar-refractivity contribution in [2.45, 2.75) is 44.2 Å². The number of carbonyl (C=O) groups excluding carboxylic acids is 1. The third kappa shape index (κ3) is 3.37. The average molecular weight is 269 g/mol. The molecule has 2 atom stereocenters. The highest BCUT2D eigenvalue weighted by Crippen LogP contribution is 2.18. The van der Waals surface area contributed by atoms with Crippen LogP contribution >= 0.6 is 0 Å². The molecule has 0 aromatic carbocycles. The van der Waals surface area contributed by atoms with E-state index in [0.29, 0.717) is 25.6 Å². The predicted octanol–water partition coefficient (Wildman–Crippen LogP) is 0.729. The fourth-order valence-corrected chi connectivity index (χ4v) is 2.98. The molecule has 0 aromatic rings. The molecular formula is C13H23N3O3. The number of carbonyl (C=O) groups is 2. The van der Waals surface area contributed by atoms with E-state index in [-0.39, 0.29) is 6.03 Å². The zero-order chi connectivity index (χ0) is 13.8. The van der Waals surface area contributed by atoms with Crippen molar-refractivity contribution in [2.24, 2.45) is 0 Å². The summed E-state index contributed by atoms with van der Waals surface area (Å²) in [6, 6.07) is -0.503. The summed E-state index contributed by atoms with van der Waals surface area (Å²) >= 11 is 0. The number of hydrogen-bond donors (Lipinski definition) is 2. The monoisotopic (exact) mass is 269 g/mol. The quantitative estimate of drug-likeness (QED) is 0.792. The van der Waals surface area contributed by atoms with Gasteiger partial charge in [-0.25, -0.2) is 9.59 Å². The van der Waals surface area contributed by atoms with Crippen molar-refractivity contribution in [3.8, 4) is 0 Å². The Hall–Kier alpha value is -1.30. The molecule has 19 heavy (non-hydrogen) atoms. The zero-order valence-electron chi connectivity index (χ0n) is 11.5. The fourth-order valence-electron chi connectivity index (χ4n) is 2.98. The molecule has 2 heterocycles. The van der Waals surface area contributed by atoms with E-state index in [4.69, 9.17) is 5.11 Å². The third-order valence-corrected chi connectivity index (χ3v) is 4.21. The second kappa shape index (κ2) is 6.23. The van der Waals surface area contributed by atoms with Gasteiger partial charge >= 0.3 is 12.0 Å². The Labute approximate surface area is 113 Å². The number of hydrogen-bond acceptors (Lipinski definition) is 3. The van der Waals surface area contributed by atoms with Gasteiger partial charge in [0.2, 0.25) is 0 Å². The van der Waals surface area contributed by atoms with E-state index in [1.807, 2.05) is 0 Å². The van der Waals surface area contributed by atoms with E-state index in [1.54, 1.807) is 0 Å². The van der Waals surface area contributed by atoms with Gasteiger partial charge in [0.05, 0.1) is 0 Å². The second-order valence-corrected chi connectivity index (χ2v) is 5.51. The summed E-state index contributed by atoms with van der Waals surface area (Å²) < 4.78 is 0. The van der Waals surface area contributed by atoms with Gasteiger partial charge in [0.15, 0.2) is 0 Å². The summed E-state index contributed by atoms with van der Waals surface area (Å²) in [4.78, 5) is 26.8. The van der Waals surface area contributed by atoms with Crippen LogP contribution in [0.5, 0.6) is 0 Å². The van der Waals surface area contributed by atoms with Gasteiger partial charge < -0.3 is 20.2 Å². The molecule has 2 amide bonds. The lowest BCUT2D eigenvalue weighted by Crippen LogP contribution is -2.50. The number of carboxylic acid groups (broad SMARTS) is 1. The molecule has 0 radical (unpaired) electrons. The highest BCUT2D eigenvalue weighted by atomic mass is 16.4. The Bertz CT molecular complexity index is 348. The maximum atomic E-state index is 12.0. The first-order valence-corrected chi connectivity index (χ1v) is 7.07. The first-order chi connectivity index (χ1) is 9.09. The lowest BCUT2D eigenvalue weighted by Gasteiger charge is -2.33. The molecule has 0 aliphatic carbocycles. The van der Waals surface area contributed by atoms with Crippen molar-refractivity contribution in [2.75, 3.05) is 26.7 Å². The minimum atomic E-state index is -0.901. The highest BCUT2D eigenvalue weighted by molar-refractivity contribution is 5.83. The lowest BCUT2D eigenvalue weighted by molar-refractivity contribution is -0.141. The molecule has 0 spiro atoms. The van der Waals surface area contributed by atoms with Crippen molar-refractivity contribution >= 4 is 12.0 Å². The Balaban J connectivity index is 1.82. The largest absolute Gasteiger partial charge is 0.480 e. The van der Waals surface area contributed by atoms with Crippen molar-refractivity contribution in [3.05, 3.63) is 0 Å². The summed E-state index contributed by atoms with van der Waals surface area (Å²) in [6.07, 6.45) is 4.85. The van der Waals surface area contributed by atoms with Crippen LogP contribution in [0, 0.1) is 0 Å². The van der Waals surface area contributed by atoms with E-state index >= 15 is 0 Å². The first kappa shape index (κ1) is 14.1. The van der Waals surface area contributed by atoms with Crippen LogP contribution in [-0.2, 0) is 4.79 Å². The molecule has 6 nitrogen and oxygen atoms in total. The Kier molecular flexibility index (Phi) is 4.63. The first-order valence-electron chi connectivity index (χ1n) is 7.07. The van der Waals surface area contributed by atoms with Crippen LogP contribution in [0.15, 0.2) is 0 Å². The highest BCUT2D eigenvalue weighted by Gasteiger charge is 2.34. The Morgan fingerprint density at radius 3 is 2.68 bits per heavy atom. The van der Waals surface area contributed by atoms with E-state index in [9.17, 15) is 9.59 Å². The normalized spacial score (nSPS) is 28.4. The van der Waals surface area contributed by atoms with E-state index in [2.05, 4.69) is 17.3 Å². The average Bonchev–Trinajstić information content (AvgIpc) is 2.87. The van der Waals surface area contributed by atoms with Gasteiger partial charge in [-0.15, -0.1) is 0 Å². The number of urea groups is 1. The second-order valence-electron chi connectivity index (χ2n) is 5.51. The summed E-state index contributed by atoms with van der Waals surface area (Å²) in [7, 11) is 2.08. The molecule has 2 N–H and O–H groups in total. The molecule has 2 saturated heterocycles. The molecule has 108 valence electrons. The molecular weight excluding hydrogens is 246 g/mol. The number of likely N-dealkylation sites (N-methyl/N-ethyl adjacent to an activating group) is 1. The SMILES string of the molecule is CN1CCCCC1CNC(=O)N1CCC[C@H]1C(=O)O. The number of nitrogens with one attached hydrogen (secondary N) is 1. The van der Waals surface area contributed by atoms with Crippen LogP contribution in [-0.4, -0.2) is 65.7 Å². The lowest BCUT2D eigenvalue weighted by atomic mass is 10.0. The van der Waals surface area contributed by atoms with Crippen LogP contribution in [0.3, 0.4) is 0 Å². The van der Waals surface area contributed by atoms with Crippen LogP contribution < -0.4 is 5.32 Å². The Morgan fingerprint density at radius 2 is 2.00 bits per heavy atom. The van der Waals surface area contributed by atoms with Crippen molar-refractivity contribution in [3.63, 3.8) is 0 Å². The maximum absolute atomic E-state index is 12.0. The smallest absolute Gasteiger partial charge is 0.326 e. The minimum absolute atomic E-state index is 0.233. The van der Waals surface area contributed by atoms with Crippen molar-refractivity contribution < 1.29 is 14.7 Å². The molecule has 2 fully saturated rings. The molecule has 2 rings (SSSR count). The van der Waals surface area contributed by atoms with E-state index in [1.165, 1.54) is 17.7 Å². The maximum Gasteiger partial charge on any atom is 0.326 e. The number of piperidine rings is 1. The standard InChI is InChI=1S/C13H23N3O3/c1-15-7-3-2-5-10(15)9-14-13(19)16-8-4-6-11(16)12(17)18/h10-11H,2-9H2,1H3,(H,14,19)(H,17,18)/t10?,11-/m0/s1. The number of carboxylic acids is 1. The summed E-state index contributed by atoms with van der Waals surface area (Å²) in [5, 5.41) is 12.0. The minimum Gasteiger partial charge on any atom is -0.480 e. The van der Waals surface area contributed by atoms with Crippen LogP contribution in [0.2, 0.25) is 0 Å². The molecule has 2 aliphatic rings. The number of nitrogens with zero attached hydrogens (tertiary/aromatic N) is 2. The van der Waals surface area contributed by atoms with Crippen molar-refractivity contribution in [1.29, 1.82) is 0 Å². The zero-order valence-corrected chi connectivity index (χ0v) is 11.5. The number of aliphatic carboxylic acids is 1. The van der Waals surface area contributed by atoms with Crippen LogP contribution in [0.1, 0.15) is 32.1 Å². The van der Waals surface area contributed by atoms with Gasteiger partial charge in [0, 0.05) is 19.1 Å². The fraction of sp³-hybridized carbons (Fsp3) is 0.846. The van der Waals surface area contributed by atoms with Gasteiger partial charge in [0.25, 0.3) is 0 Å². The van der Waals surface area contributed by atoms with Crippen LogP contribution in [0.25, 0.3) is 0 Å². The molecule has 2 aliphatic heterocycles. The predicted molar refractivity (Wildman–Crippen MR) is 71.0 cm³/mol. The molecule has 0 aromatic heterocycles. The number of rotatable bonds is 3. The molecule has 1 unspecified atom stereocenters. The van der Waals surface area contributed by atoms with Gasteiger partial charge in [-0.05, 0) is 39.3 Å². The van der Waals surface area contributed by atoms with E-state index < -0.39 is 12.0 Å². The Morgan fingerprint density at radius 1 is 1.21 bits per heavy atom. The molecule has 0 bridgehead atoms. The van der Waals surface area contributed by atoms with Gasteiger partial charge in [-0.1, -0.05) is 6.42 Å². The summed E-state index contributed by atoms with van der Waals surface area (Å²) in [5.74, 6) is -0.901. The van der Waals surface area contributed by atoms with Gasteiger partial charge in [-0.3, -0.25) is 0 Å². The molecule has 6 heteroatoms. The van der Waals surface area contributed by atoms with E-state index in [0.717, 1.165) is 19.4 Å².